The molecule has 0 saturated heterocycles. The van der Waals surface area contributed by atoms with Gasteiger partial charge in [0.05, 0.1) is 13.2 Å². The molecule has 0 unspecified atom stereocenters. The van der Waals surface area contributed by atoms with Gasteiger partial charge < -0.3 is 10.1 Å². The van der Waals surface area contributed by atoms with Crippen molar-refractivity contribution < 1.29 is 4.74 Å². The molecule has 0 saturated carbocycles. The number of hydrogen-bond donors (Lipinski definition) is 3. The fraction of sp³-hybridized carbons (Fsp3) is 0.500. The standard InChI is InChI=1S/C8H15N5OS/c1-14-4-2-11-8(13-9)12-6-7-10-3-5-15-7/h3,5H,2,4,6,9H2,1H3,(H2,11,12,13). The quantitative estimate of drug-likeness (QED) is 0.212. The summed E-state index contributed by atoms with van der Waals surface area (Å²) in [6.07, 6.45) is 1.75. The zero-order chi connectivity index (χ0) is 10.9. The number of ether oxygens (including phenoxy) is 1. The summed E-state index contributed by atoms with van der Waals surface area (Å²) in [6, 6.07) is 0. The Morgan fingerprint density at radius 3 is 3.20 bits per heavy atom. The number of nitrogens with two attached hydrogens (primary N) is 1. The van der Waals surface area contributed by atoms with E-state index >= 15 is 0 Å². The van der Waals surface area contributed by atoms with Gasteiger partial charge in [-0.2, -0.15) is 0 Å². The van der Waals surface area contributed by atoms with Gasteiger partial charge in [-0.3, -0.25) is 5.43 Å². The number of hydrogen-bond acceptors (Lipinski definition) is 5. The highest BCUT2D eigenvalue weighted by molar-refractivity contribution is 7.09. The highest BCUT2D eigenvalue weighted by Gasteiger charge is 1.96. The molecule has 0 spiro atoms. The van der Waals surface area contributed by atoms with Crippen LogP contribution in [0.25, 0.3) is 0 Å². The Balaban J connectivity index is 2.33. The molecule has 1 aromatic heterocycles. The monoisotopic (exact) mass is 229 g/mol. The van der Waals surface area contributed by atoms with E-state index in [4.69, 9.17) is 10.6 Å². The topological polar surface area (TPSA) is 84.6 Å². The van der Waals surface area contributed by atoms with Crippen molar-refractivity contribution in [1.82, 2.24) is 15.7 Å². The van der Waals surface area contributed by atoms with Crippen LogP contribution in [0.3, 0.4) is 0 Å². The fourth-order valence-corrected chi connectivity index (χ4v) is 1.44. The summed E-state index contributed by atoms with van der Waals surface area (Å²) in [4.78, 5) is 8.33. The summed E-state index contributed by atoms with van der Waals surface area (Å²) in [5.74, 6) is 5.84. The molecule has 0 amide bonds. The lowest BCUT2D eigenvalue weighted by Gasteiger charge is -2.07. The highest BCUT2D eigenvalue weighted by Crippen LogP contribution is 2.04. The number of aromatic nitrogens is 1. The average Bonchev–Trinajstić information content (AvgIpc) is 2.76. The van der Waals surface area contributed by atoms with E-state index in [1.165, 1.54) is 0 Å². The van der Waals surface area contributed by atoms with Crippen molar-refractivity contribution >= 4 is 17.3 Å². The Bertz CT molecular complexity index is 287. The number of nitrogens with zero attached hydrogens (tertiary/aromatic N) is 2. The van der Waals surface area contributed by atoms with Crippen LogP contribution < -0.4 is 16.6 Å². The van der Waals surface area contributed by atoms with Crippen LogP contribution in [0.5, 0.6) is 0 Å². The zero-order valence-electron chi connectivity index (χ0n) is 8.56. The minimum absolute atomic E-state index is 0.525. The summed E-state index contributed by atoms with van der Waals surface area (Å²) < 4.78 is 4.89. The number of rotatable bonds is 5. The van der Waals surface area contributed by atoms with E-state index in [1.807, 2.05) is 5.38 Å². The molecule has 0 aliphatic heterocycles. The number of hydrazine groups is 1. The third-order valence-corrected chi connectivity index (χ3v) is 2.36. The molecule has 0 bridgehead atoms. The molecule has 6 nitrogen and oxygen atoms in total. The second-order valence-electron chi connectivity index (χ2n) is 2.65. The van der Waals surface area contributed by atoms with E-state index in [1.54, 1.807) is 24.6 Å². The largest absolute Gasteiger partial charge is 0.383 e. The normalized spacial score (nSPS) is 11.5. The Kier molecular flexibility index (Phi) is 5.67. The molecule has 0 fully saturated rings. The van der Waals surface area contributed by atoms with Crippen molar-refractivity contribution in [1.29, 1.82) is 0 Å². The molecule has 1 aromatic rings. The first-order valence-electron chi connectivity index (χ1n) is 4.49. The molecule has 4 N–H and O–H groups in total. The summed E-state index contributed by atoms with van der Waals surface area (Å²) >= 11 is 1.56. The fourth-order valence-electron chi connectivity index (χ4n) is 0.902. The number of guanidine groups is 1. The number of aliphatic imine (C=N–C) groups is 1. The molecule has 0 radical (unpaired) electrons. The molecule has 7 heteroatoms. The van der Waals surface area contributed by atoms with Crippen LogP contribution >= 0.6 is 11.3 Å². The zero-order valence-corrected chi connectivity index (χ0v) is 9.38. The van der Waals surface area contributed by atoms with Gasteiger partial charge in [0.15, 0.2) is 0 Å². The van der Waals surface area contributed by atoms with Crippen molar-refractivity contribution in [3.63, 3.8) is 0 Å². The number of methoxy groups -OCH3 is 1. The van der Waals surface area contributed by atoms with Crippen LogP contribution in [0.1, 0.15) is 5.01 Å². The second-order valence-corrected chi connectivity index (χ2v) is 3.63. The van der Waals surface area contributed by atoms with Gasteiger partial charge in [0, 0.05) is 25.2 Å². The summed E-state index contributed by atoms with van der Waals surface area (Å²) in [5, 5.41) is 5.87. The predicted octanol–water partition coefficient (Wildman–Crippen LogP) is -0.302. The first-order chi connectivity index (χ1) is 7.36. The lowest BCUT2D eigenvalue weighted by atomic mass is 10.6. The maximum atomic E-state index is 5.29. The Morgan fingerprint density at radius 1 is 1.73 bits per heavy atom. The van der Waals surface area contributed by atoms with Crippen molar-refractivity contribution in [3.05, 3.63) is 16.6 Å². The van der Waals surface area contributed by atoms with Gasteiger partial charge in [0.2, 0.25) is 5.96 Å². The van der Waals surface area contributed by atoms with Gasteiger partial charge in [-0.25, -0.2) is 15.8 Å². The Labute approximate surface area is 92.5 Å². The van der Waals surface area contributed by atoms with Gasteiger partial charge in [-0.1, -0.05) is 0 Å². The molecule has 1 rings (SSSR count). The van der Waals surface area contributed by atoms with Crippen molar-refractivity contribution in [3.8, 4) is 0 Å². The Morgan fingerprint density at radius 2 is 2.60 bits per heavy atom. The second kappa shape index (κ2) is 7.16. The lowest BCUT2D eigenvalue weighted by molar-refractivity contribution is 0.203. The summed E-state index contributed by atoms with van der Waals surface area (Å²) in [6.45, 7) is 1.80. The van der Waals surface area contributed by atoms with Crippen molar-refractivity contribution in [2.75, 3.05) is 20.3 Å². The van der Waals surface area contributed by atoms with E-state index in [2.05, 4.69) is 20.7 Å². The average molecular weight is 229 g/mol. The molecule has 1 heterocycles. The highest BCUT2D eigenvalue weighted by atomic mass is 32.1. The first kappa shape index (κ1) is 11.9. The predicted molar refractivity (Wildman–Crippen MR) is 60.5 cm³/mol. The first-order valence-corrected chi connectivity index (χ1v) is 5.37. The molecule has 15 heavy (non-hydrogen) atoms. The number of nitrogens with one attached hydrogen (secondary N) is 2. The van der Waals surface area contributed by atoms with Gasteiger partial charge in [-0.15, -0.1) is 11.3 Å². The maximum absolute atomic E-state index is 5.29. The van der Waals surface area contributed by atoms with E-state index < -0.39 is 0 Å². The number of thiazole rings is 1. The molecular formula is C8H15N5OS. The van der Waals surface area contributed by atoms with E-state index in [9.17, 15) is 0 Å². The smallest absolute Gasteiger partial charge is 0.206 e. The van der Waals surface area contributed by atoms with Gasteiger partial charge >= 0.3 is 0 Å². The van der Waals surface area contributed by atoms with Crippen molar-refractivity contribution in [2.24, 2.45) is 10.8 Å². The molecule has 0 aromatic carbocycles. The molecule has 0 atom stereocenters. The molecular weight excluding hydrogens is 214 g/mol. The third kappa shape index (κ3) is 4.73. The third-order valence-electron chi connectivity index (χ3n) is 1.59. The van der Waals surface area contributed by atoms with Crippen LogP contribution in [0.4, 0.5) is 0 Å². The summed E-state index contributed by atoms with van der Waals surface area (Å²) in [7, 11) is 1.64. The van der Waals surface area contributed by atoms with Gasteiger partial charge in [-0.05, 0) is 0 Å². The van der Waals surface area contributed by atoms with Gasteiger partial charge in [0.25, 0.3) is 0 Å². The van der Waals surface area contributed by atoms with Crippen LogP contribution in [-0.4, -0.2) is 31.2 Å². The lowest BCUT2D eigenvalue weighted by Crippen LogP contribution is -2.42. The van der Waals surface area contributed by atoms with Gasteiger partial charge in [0.1, 0.15) is 5.01 Å². The minimum atomic E-state index is 0.525. The molecule has 84 valence electrons. The Hall–Kier alpha value is -1.18. The molecule has 0 aliphatic rings. The minimum Gasteiger partial charge on any atom is -0.383 e. The van der Waals surface area contributed by atoms with E-state index in [0.29, 0.717) is 25.7 Å². The van der Waals surface area contributed by atoms with E-state index in [-0.39, 0.29) is 0 Å². The van der Waals surface area contributed by atoms with Crippen LogP contribution in [0.15, 0.2) is 16.6 Å². The maximum Gasteiger partial charge on any atom is 0.206 e. The molecule has 0 aliphatic carbocycles. The SMILES string of the molecule is COCCNC(=NCc1nccs1)NN. The van der Waals surface area contributed by atoms with Crippen LogP contribution in [-0.2, 0) is 11.3 Å². The van der Waals surface area contributed by atoms with Crippen molar-refractivity contribution in [2.45, 2.75) is 6.54 Å². The summed E-state index contributed by atoms with van der Waals surface area (Å²) in [5.41, 5.74) is 2.48. The van der Waals surface area contributed by atoms with Crippen LogP contribution in [0, 0.1) is 0 Å². The van der Waals surface area contributed by atoms with E-state index in [0.717, 1.165) is 5.01 Å². The van der Waals surface area contributed by atoms with Crippen LogP contribution in [0.2, 0.25) is 0 Å².